The van der Waals surface area contributed by atoms with Crippen molar-refractivity contribution in [2.45, 2.75) is 11.3 Å². The molecule has 2 heterocycles. The summed E-state index contributed by atoms with van der Waals surface area (Å²) in [4.78, 5) is 14.1. The molecule has 150 valence electrons. The molecule has 1 aromatic heterocycles. The van der Waals surface area contributed by atoms with Crippen LogP contribution in [-0.4, -0.2) is 53.1 Å². The lowest BCUT2D eigenvalue weighted by molar-refractivity contribution is -0.128. The van der Waals surface area contributed by atoms with Crippen LogP contribution in [0.5, 0.6) is 11.5 Å². The van der Waals surface area contributed by atoms with Gasteiger partial charge in [0.25, 0.3) is 5.22 Å². The standard InChI is InChI=1S/C20H18BrN3O4S/c1-24(10-13-11-26-16-8-4-5-9-17(16)27-13)18(25)12-29-20-23-22-19(28-20)14-6-2-3-7-15(14)21/h2-9,13H,10-12H2,1H3/t13-/m0/s1. The Balaban J connectivity index is 1.29. The average molecular weight is 476 g/mol. The van der Waals surface area contributed by atoms with Crippen LogP contribution in [0.25, 0.3) is 11.5 Å². The highest BCUT2D eigenvalue weighted by Crippen LogP contribution is 2.31. The number of hydrogen-bond donors (Lipinski definition) is 0. The largest absolute Gasteiger partial charge is 0.486 e. The third kappa shape index (κ3) is 4.73. The minimum atomic E-state index is -0.214. The summed E-state index contributed by atoms with van der Waals surface area (Å²) in [5.41, 5.74) is 0.810. The first kappa shape index (κ1) is 19.8. The molecular weight excluding hydrogens is 458 g/mol. The van der Waals surface area contributed by atoms with Gasteiger partial charge in [0.05, 0.1) is 17.9 Å². The number of carbonyl (C=O) groups is 1. The van der Waals surface area contributed by atoms with E-state index in [0.717, 1.165) is 15.8 Å². The SMILES string of the molecule is CN(C[C@H]1COc2ccccc2O1)C(=O)CSc1nnc(-c2ccccc2Br)o1. The van der Waals surface area contributed by atoms with Crippen molar-refractivity contribution in [2.75, 3.05) is 26.0 Å². The summed E-state index contributed by atoms with van der Waals surface area (Å²) >= 11 is 4.67. The third-order valence-corrected chi connectivity index (χ3v) is 5.80. The van der Waals surface area contributed by atoms with Gasteiger partial charge in [-0.1, -0.05) is 36.0 Å². The van der Waals surface area contributed by atoms with Gasteiger partial charge in [0.1, 0.15) is 6.61 Å². The number of nitrogens with zero attached hydrogens (tertiary/aromatic N) is 3. The van der Waals surface area contributed by atoms with E-state index in [4.69, 9.17) is 13.9 Å². The first-order chi connectivity index (χ1) is 14.1. The molecule has 0 radical (unpaired) electrons. The molecule has 9 heteroatoms. The van der Waals surface area contributed by atoms with Gasteiger partial charge in [-0.15, -0.1) is 10.2 Å². The van der Waals surface area contributed by atoms with E-state index in [2.05, 4.69) is 26.1 Å². The molecule has 0 bridgehead atoms. The Hall–Kier alpha value is -2.52. The van der Waals surface area contributed by atoms with E-state index in [-0.39, 0.29) is 17.8 Å². The molecule has 0 saturated carbocycles. The van der Waals surface area contributed by atoms with Crippen LogP contribution in [0.3, 0.4) is 0 Å². The molecule has 1 aliphatic heterocycles. The van der Waals surface area contributed by atoms with E-state index in [1.54, 1.807) is 11.9 Å². The fourth-order valence-electron chi connectivity index (χ4n) is 2.81. The molecule has 0 fully saturated rings. The van der Waals surface area contributed by atoms with Crippen LogP contribution in [0.15, 0.2) is 62.6 Å². The fraction of sp³-hybridized carbons (Fsp3) is 0.250. The number of carbonyl (C=O) groups excluding carboxylic acids is 1. The zero-order valence-electron chi connectivity index (χ0n) is 15.6. The lowest BCUT2D eigenvalue weighted by Gasteiger charge is -2.29. The van der Waals surface area contributed by atoms with E-state index < -0.39 is 0 Å². The topological polar surface area (TPSA) is 77.7 Å². The smallest absolute Gasteiger partial charge is 0.277 e. The van der Waals surface area contributed by atoms with Gasteiger partial charge < -0.3 is 18.8 Å². The summed E-state index contributed by atoms with van der Waals surface area (Å²) in [5, 5.41) is 8.42. The third-order valence-electron chi connectivity index (χ3n) is 4.30. The van der Waals surface area contributed by atoms with Crippen LogP contribution in [0, 0.1) is 0 Å². The molecule has 7 nitrogen and oxygen atoms in total. The van der Waals surface area contributed by atoms with Gasteiger partial charge in [0, 0.05) is 11.5 Å². The monoisotopic (exact) mass is 475 g/mol. The molecule has 1 aliphatic rings. The number of fused-ring (bicyclic) bond motifs is 1. The first-order valence-electron chi connectivity index (χ1n) is 8.94. The minimum Gasteiger partial charge on any atom is -0.486 e. The van der Waals surface area contributed by atoms with Crippen molar-refractivity contribution >= 4 is 33.6 Å². The van der Waals surface area contributed by atoms with E-state index in [0.29, 0.717) is 30.0 Å². The summed E-state index contributed by atoms with van der Waals surface area (Å²) < 4.78 is 18.1. The van der Waals surface area contributed by atoms with Crippen LogP contribution < -0.4 is 9.47 Å². The molecule has 2 aromatic carbocycles. The molecule has 0 unspecified atom stereocenters. The van der Waals surface area contributed by atoms with Gasteiger partial charge in [-0.3, -0.25) is 4.79 Å². The Kier molecular flexibility index (Phi) is 6.05. The second-order valence-electron chi connectivity index (χ2n) is 6.41. The van der Waals surface area contributed by atoms with Gasteiger partial charge in [-0.05, 0) is 40.2 Å². The van der Waals surface area contributed by atoms with E-state index >= 15 is 0 Å². The maximum atomic E-state index is 12.5. The van der Waals surface area contributed by atoms with Crippen molar-refractivity contribution in [1.82, 2.24) is 15.1 Å². The number of benzene rings is 2. The predicted octanol–water partition coefficient (Wildman–Crippen LogP) is 3.89. The number of rotatable bonds is 6. The van der Waals surface area contributed by atoms with Crippen LogP contribution in [0.1, 0.15) is 0 Å². The number of thioether (sulfide) groups is 1. The first-order valence-corrected chi connectivity index (χ1v) is 10.7. The van der Waals surface area contributed by atoms with Crippen molar-refractivity contribution in [1.29, 1.82) is 0 Å². The lowest BCUT2D eigenvalue weighted by atomic mass is 10.2. The second kappa shape index (κ2) is 8.87. The molecule has 29 heavy (non-hydrogen) atoms. The molecular formula is C20H18BrN3O4S. The number of likely N-dealkylation sites (N-methyl/N-ethyl adjacent to an activating group) is 1. The summed E-state index contributed by atoms with van der Waals surface area (Å²) in [7, 11) is 1.74. The fourth-order valence-corrected chi connectivity index (χ4v) is 3.96. The molecule has 3 aromatic rings. The number of halogens is 1. The zero-order chi connectivity index (χ0) is 20.2. The molecule has 0 aliphatic carbocycles. The predicted molar refractivity (Wildman–Crippen MR) is 112 cm³/mol. The van der Waals surface area contributed by atoms with E-state index in [1.807, 2.05) is 48.5 Å². The Morgan fingerprint density at radius 2 is 1.93 bits per heavy atom. The van der Waals surface area contributed by atoms with Crippen molar-refractivity contribution in [3.8, 4) is 23.0 Å². The van der Waals surface area contributed by atoms with Crippen LogP contribution in [-0.2, 0) is 4.79 Å². The molecule has 0 spiro atoms. The number of ether oxygens (including phenoxy) is 2. The number of aromatic nitrogens is 2. The summed E-state index contributed by atoms with van der Waals surface area (Å²) in [6, 6.07) is 15.1. The Bertz CT molecular complexity index is 1010. The van der Waals surface area contributed by atoms with Crippen molar-refractivity contribution < 1.29 is 18.7 Å². The molecule has 1 atom stereocenters. The Morgan fingerprint density at radius 3 is 2.76 bits per heavy atom. The maximum absolute atomic E-state index is 12.5. The number of para-hydroxylation sites is 2. The zero-order valence-corrected chi connectivity index (χ0v) is 18.0. The Labute approximate surface area is 180 Å². The summed E-state index contributed by atoms with van der Waals surface area (Å²) in [6.45, 7) is 0.834. The van der Waals surface area contributed by atoms with Gasteiger partial charge in [-0.2, -0.15) is 0 Å². The second-order valence-corrected chi connectivity index (χ2v) is 8.19. The van der Waals surface area contributed by atoms with Crippen LogP contribution in [0.4, 0.5) is 0 Å². The minimum absolute atomic E-state index is 0.0573. The maximum Gasteiger partial charge on any atom is 0.277 e. The summed E-state index contributed by atoms with van der Waals surface area (Å²) in [5.74, 6) is 1.97. The average Bonchev–Trinajstić information content (AvgIpc) is 3.21. The Morgan fingerprint density at radius 1 is 1.17 bits per heavy atom. The van der Waals surface area contributed by atoms with Crippen LogP contribution >= 0.6 is 27.7 Å². The number of amides is 1. The van der Waals surface area contributed by atoms with Crippen molar-refractivity contribution in [3.63, 3.8) is 0 Å². The number of hydrogen-bond acceptors (Lipinski definition) is 7. The van der Waals surface area contributed by atoms with Crippen molar-refractivity contribution in [3.05, 3.63) is 53.0 Å². The highest BCUT2D eigenvalue weighted by atomic mass is 79.9. The van der Waals surface area contributed by atoms with Crippen LogP contribution in [0.2, 0.25) is 0 Å². The van der Waals surface area contributed by atoms with E-state index in [1.165, 1.54) is 11.8 Å². The van der Waals surface area contributed by atoms with Crippen molar-refractivity contribution in [2.24, 2.45) is 0 Å². The van der Waals surface area contributed by atoms with Gasteiger partial charge >= 0.3 is 0 Å². The highest BCUT2D eigenvalue weighted by Gasteiger charge is 2.24. The molecule has 1 amide bonds. The normalized spacial score (nSPS) is 15.2. The quantitative estimate of drug-likeness (QED) is 0.500. The molecule has 0 N–H and O–H groups in total. The lowest BCUT2D eigenvalue weighted by Crippen LogP contribution is -2.42. The van der Waals surface area contributed by atoms with Gasteiger partial charge in [-0.25, -0.2) is 0 Å². The highest BCUT2D eigenvalue weighted by molar-refractivity contribution is 9.10. The van der Waals surface area contributed by atoms with Gasteiger partial charge in [0.15, 0.2) is 17.6 Å². The van der Waals surface area contributed by atoms with E-state index in [9.17, 15) is 4.79 Å². The van der Waals surface area contributed by atoms with Gasteiger partial charge in [0.2, 0.25) is 11.8 Å². The summed E-state index contributed by atoms with van der Waals surface area (Å²) in [6.07, 6.45) is -0.214. The molecule has 4 rings (SSSR count). The molecule has 0 saturated heterocycles.